The summed E-state index contributed by atoms with van der Waals surface area (Å²) in [6, 6.07) is 7.42. The van der Waals surface area contributed by atoms with E-state index in [1.165, 1.54) is 0 Å². The molecule has 7 nitrogen and oxygen atoms in total. The van der Waals surface area contributed by atoms with E-state index >= 15 is 0 Å². The number of halogens is 1. The molecule has 1 aromatic carbocycles. The molecule has 0 saturated heterocycles. The van der Waals surface area contributed by atoms with Gasteiger partial charge in [-0.15, -0.1) is 0 Å². The third kappa shape index (κ3) is 2.98. The van der Waals surface area contributed by atoms with Crippen LogP contribution in [0.1, 0.15) is 25.2 Å². The lowest BCUT2D eigenvalue weighted by molar-refractivity contribution is -0.162. The number of aliphatic carboxylic acids is 1. The van der Waals surface area contributed by atoms with Gasteiger partial charge in [0.25, 0.3) is 0 Å². The highest BCUT2D eigenvalue weighted by molar-refractivity contribution is 9.10. The molecule has 1 saturated carbocycles. The van der Waals surface area contributed by atoms with E-state index in [2.05, 4.69) is 31.4 Å². The number of hydrogen-bond acceptors (Lipinski definition) is 5. The normalized spacial score (nSPS) is 15.7. The largest absolute Gasteiger partial charge is 0.480 e. The number of nitrogens with zero attached hydrogens (tertiary/aromatic N) is 2. The first-order valence-electron chi connectivity index (χ1n) is 7.11. The highest BCUT2D eigenvalue weighted by Crippen LogP contribution is 2.41. The summed E-state index contributed by atoms with van der Waals surface area (Å²) in [6.07, 6.45) is 1.47. The maximum atomic E-state index is 12.1. The van der Waals surface area contributed by atoms with Crippen molar-refractivity contribution in [2.75, 3.05) is 0 Å². The molecule has 0 radical (unpaired) electrons. The van der Waals surface area contributed by atoms with Gasteiger partial charge in [0.1, 0.15) is 5.41 Å². The number of rotatable bonds is 5. The third-order valence-electron chi connectivity index (χ3n) is 4.00. The number of amides is 1. The number of hydrogen-bond donors (Lipinski definition) is 2. The van der Waals surface area contributed by atoms with Crippen molar-refractivity contribution in [3.8, 4) is 11.4 Å². The summed E-state index contributed by atoms with van der Waals surface area (Å²) in [5.74, 6) is -0.944. The van der Waals surface area contributed by atoms with Crippen molar-refractivity contribution in [3.05, 3.63) is 34.6 Å². The van der Waals surface area contributed by atoms with Crippen LogP contribution in [0.5, 0.6) is 0 Å². The van der Waals surface area contributed by atoms with Gasteiger partial charge in [0, 0.05) is 10.0 Å². The van der Waals surface area contributed by atoms with Crippen LogP contribution in [0.15, 0.2) is 33.3 Å². The average Bonchev–Trinajstić information content (AvgIpc) is 2.92. The molecule has 1 fully saturated rings. The van der Waals surface area contributed by atoms with E-state index in [1.54, 1.807) is 0 Å². The van der Waals surface area contributed by atoms with Gasteiger partial charge < -0.3 is 14.9 Å². The number of nitrogens with one attached hydrogen (secondary N) is 1. The summed E-state index contributed by atoms with van der Waals surface area (Å²) >= 11 is 3.37. The minimum absolute atomic E-state index is 0.00880. The number of carbonyl (C=O) groups excluding carboxylic acids is 1. The molecule has 120 valence electrons. The van der Waals surface area contributed by atoms with Crippen LogP contribution in [0.25, 0.3) is 11.4 Å². The molecule has 23 heavy (non-hydrogen) atoms. The second-order valence-corrected chi connectivity index (χ2v) is 6.36. The molecule has 1 aliphatic rings. The Morgan fingerprint density at radius 3 is 2.78 bits per heavy atom. The summed E-state index contributed by atoms with van der Waals surface area (Å²) in [6.45, 7) is 0.00880. The van der Waals surface area contributed by atoms with Crippen LogP contribution in [0.3, 0.4) is 0 Å². The number of aromatic nitrogens is 2. The Bertz CT molecular complexity index is 755. The van der Waals surface area contributed by atoms with Crippen LogP contribution in [-0.2, 0) is 16.1 Å². The molecule has 2 aromatic rings. The summed E-state index contributed by atoms with van der Waals surface area (Å²) in [5, 5.41) is 15.6. The Morgan fingerprint density at radius 2 is 2.17 bits per heavy atom. The first-order valence-corrected chi connectivity index (χ1v) is 7.91. The summed E-state index contributed by atoms with van der Waals surface area (Å²) in [5.41, 5.74) is -0.519. The quantitative estimate of drug-likeness (QED) is 0.772. The molecule has 0 aliphatic heterocycles. The third-order valence-corrected chi connectivity index (χ3v) is 4.50. The molecule has 1 heterocycles. The lowest BCUT2D eigenvalue weighted by Crippen LogP contribution is -2.50. The first-order chi connectivity index (χ1) is 11.0. The zero-order valence-corrected chi connectivity index (χ0v) is 13.7. The van der Waals surface area contributed by atoms with Gasteiger partial charge in [-0.05, 0) is 25.0 Å². The second kappa shape index (κ2) is 6.11. The maximum absolute atomic E-state index is 12.1. The molecule has 1 aromatic heterocycles. The van der Waals surface area contributed by atoms with E-state index in [1.807, 2.05) is 24.3 Å². The Balaban J connectivity index is 1.66. The van der Waals surface area contributed by atoms with Crippen molar-refractivity contribution in [1.82, 2.24) is 15.5 Å². The van der Waals surface area contributed by atoms with E-state index < -0.39 is 17.3 Å². The summed E-state index contributed by atoms with van der Waals surface area (Å²) in [4.78, 5) is 27.6. The maximum Gasteiger partial charge on any atom is 0.319 e. The number of carboxylic acids is 1. The number of carboxylic acid groups (broad SMARTS) is 1. The lowest BCUT2D eigenvalue weighted by Gasteiger charge is -2.35. The minimum Gasteiger partial charge on any atom is -0.480 e. The van der Waals surface area contributed by atoms with Crippen LogP contribution in [0.4, 0.5) is 0 Å². The fraction of sp³-hybridized carbons (Fsp3) is 0.333. The molecule has 2 N–H and O–H groups in total. The average molecular weight is 380 g/mol. The summed E-state index contributed by atoms with van der Waals surface area (Å²) in [7, 11) is 0. The zero-order valence-electron chi connectivity index (χ0n) is 12.1. The lowest BCUT2D eigenvalue weighted by atomic mass is 9.68. The standard InChI is InChI=1S/C15H14BrN3O4/c16-10-4-1-3-9(7-10)12-18-11(23-19-12)8-17-13(20)15(14(21)22)5-2-6-15/h1,3-4,7H,2,5-6,8H2,(H,17,20)(H,21,22). The molecule has 3 rings (SSSR count). The fourth-order valence-electron chi connectivity index (χ4n) is 2.46. The zero-order chi connectivity index (χ0) is 16.4. The van der Waals surface area contributed by atoms with Crippen molar-refractivity contribution in [2.45, 2.75) is 25.8 Å². The van der Waals surface area contributed by atoms with Crippen LogP contribution in [-0.4, -0.2) is 27.1 Å². The van der Waals surface area contributed by atoms with E-state index in [-0.39, 0.29) is 12.4 Å². The smallest absolute Gasteiger partial charge is 0.319 e. The minimum atomic E-state index is -1.30. The van der Waals surface area contributed by atoms with Crippen LogP contribution in [0, 0.1) is 5.41 Å². The highest BCUT2D eigenvalue weighted by atomic mass is 79.9. The molecule has 0 spiro atoms. The van der Waals surface area contributed by atoms with Gasteiger partial charge >= 0.3 is 5.97 Å². The summed E-state index contributed by atoms with van der Waals surface area (Å²) < 4.78 is 5.99. The van der Waals surface area contributed by atoms with E-state index in [0.717, 1.165) is 16.5 Å². The molecule has 0 unspecified atom stereocenters. The van der Waals surface area contributed by atoms with Crippen molar-refractivity contribution >= 4 is 27.8 Å². The van der Waals surface area contributed by atoms with E-state index in [0.29, 0.717) is 18.7 Å². The number of carbonyl (C=O) groups is 2. The van der Waals surface area contributed by atoms with Gasteiger partial charge in [-0.2, -0.15) is 4.98 Å². The Labute approximate surface area is 140 Å². The molecule has 0 atom stereocenters. The topological polar surface area (TPSA) is 105 Å². The molecular formula is C15H14BrN3O4. The van der Waals surface area contributed by atoms with Crippen molar-refractivity contribution in [1.29, 1.82) is 0 Å². The van der Waals surface area contributed by atoms with Gasteiger partial charge in [0.2, 0.25) is 17.6 Å². The van der Waals surface area contributed by atoms with E-state index in [4.69, 9.17) is 4.52 Å². The van der Waals surface area contributed by atoms with Gasteiger partial charge in [0.05, 0.1) is 6.54 Å². The Kier molecular flexibility index (Phi) is 4.16. The SMILES string of the molecule is O=C(O)C1(C(=O)NCc2nc(-c3cccc(Br)c3)no2)CCC1. The number of benzene rings is 1. The van der Waals surface area contributed by atoms with Gasteiger partial charge in [-0.1, -0.05) is 39.6 Å². The van der Waals surface area contributed by atoms with Gasteiger partial charge in [-0.3, -0.25) is 9.59 Å². The van der Waals surface area contributed by atoms with Gasteiger partial charge in [0.15, 0.2) is 0 Å². The molecular weight excluding hydrogens is 366 g/mol. The van der Waals surface area contributed by atoms with Crippen LogP contribution in [0.2, 0.25) is 0 Å². The Morgan fingerprint density at radius 1 is 1.39 bits per heavy atom. The van der Waals surface area contributed by atoms with Crippen LogP contribution < -0.4 is 5.32 Å². The van der Waals surface area contributed by atoms with Crippen molar-refractivity contribution < 1.29 is 19.2 Å². The second-order valence-electron chi connectivity index (χ2n) is 5.45. The fourth-order valence-corrected chi connectivity index (χ4v) is 2.86. The molecule has 8 heteroatoms. The van der Waals surface area contributed by atoms with Crippen LogP contribution >= 0.6 is 15.9 Å². The first kappa shape index (κ1) is 15.7. The van der Waals surface area contributed by atoms with Gasteiger partial charge in [-0.25, -0.2) is 0 Å². The monoisotopic (exact) mass is 379 g/mol. The predicted molar refractivity (Wildman–Crippen MR) is 83.2 cm³/mol. The van der Waals surface area contributed by atoms with Crippen molar-refractivity contribution in [2.24, 2.45) is 5.41 Å². The van der Waals surface area contributed by atoms with E-state index in [9.17, 15) is 14.7 Å². The van der Waals surface area contributed by atoms with Crippen molar-refractivity contribution in [3.63, 3.8) is 0 Å². The highest BCUT2D eigenvalue weighted by Gasteiger charge is 2.51. The molecule has 0 bridgehead atoms. The molecule has 1 aliphatic carbocycles. The molecule has 1 amide bonds. The Hall–Kier alpha value is -2.22. The predicted octanol–water partition coefficient (Wildman–Crippen LogP) is 2.37.